The fourth-order valence-electron chi connectivity index (χ4n) is 1.47. The normalized spacial score (nSPS) is 14.7. The third-order valence-corrected chi connectivity index (χ3v) is 2.47. The smallest absolute Gasteiger partial charge is 0.223 e. The Balaban J connectivity index is 3.89. The topological polar surface area (TPSA) is 52.6 Å². The highest BCUT2D eigenvalue weighted by Gasteiger charge is 2.13. The van der Waals surface area contributed by atoms with Crippen molar-refractivity contribution in [2.45, 2.75) is 45.2 Å². The summed E-state index contributed by atoms with van der Waals surface area (Å²) in [6, 6.07) is 0.469. The van der Waals surface area contributed by atoms with Gasteiger partial charge in [-0.05, 0) is 19.8 Å². The predicted octanol–water partition coefficient (Wildman–Crippen LogP) is 0.604. The molecule has 4 nitrogen and oxygen atoms in total. The van der Waals surface area contributed by atoms with Crippen LogP contribution in [0.15, 0.2) is 0 Å². The van der Waals surface area contributed by atoms with Gasteiger partial charge in [0.05, 0.1) is 0 Å². The Morgan fingerprint density at radius 1 is 1.47 bits per heavy atom. The zero-order chi connectivity index (χ0) is 11.8. The van der Waals surface area contributed by atoms with Crippen LogP contribution in [0.4, 0.5) is 0 Å². The van der Waals surface area contributed by atoms with Crippen molar-refractivity contribution in [3.8, 4) is 0 Å². The van der Waals surface area contributed by atoms with Crippen LogP contribution in [0.25, 0.3) is 0 Å². The maximum absolute atomic E-state index is 11.4. The Labute approximate surface area is 92.7 Å². The van der Waals surface area contributed by atoms with E-state index < -0.39 is 0 Å². The third-order valence-electron chi connectivity index (χ3n) is 2.47. The summed E-state index contributed by atoms with van der Waals surface area (Å²) in [5, 5.41) is 12.2. The first kappa shape index (κ1) is 14.4. The molecule has 2 unspecified atom stereocenters. The van der Waals surface area contributed by atoms with E-state index in [2.05, 4.69) is 12.2 Å². The Morgan fingerprint density at radius 2 is 2.07 bits per heavy atom. The minimum atomic E-state index is 0.133. The van der Waals surface area contributed by atoms with Crippen LogP contribution in [0.5, 0.6) is 0 Å². The van der Waals surface area contributed by atoms with Gasteiger partial charge in [0.15, 0.2) is 0 Å². The largest absolute Gasteiger partial charge is 0.396 e. The van der Waals surface area contributed by atoms with Crippen LogP contribution in [-0.4, -0.2) is 48.7 Å². The number of rotatable bonds is 7. The van der Waals surface area contributed by atoms with Crippen LogP contribution in [0.3, 0.4) is 0 Å². The van der Waals surface area contributed by atoms with E-state index in [1.165, 1.54) is 0 Å². The highest BCUT2D eigenvalue weighted by Crippen LogP contribution is 2.02. The average Bonchev–Trinajstić information content (AvgIpc) is 2.16. The number of aliphatic hydroxyl groups is 1. The molecule has 4 heteroatoms. The third kappa shape index (κ3) is 6.47. The molecule has 2 N–H and O–H groups in total. The van der Waals surface area contributed by atoms with Gasteiger partial charge < -0.3 is 15.3 Å². The molecule has 0 fully saturated rings. The molecular formula is C11H24N2O2. The van der Waals surface area contributed by atoms with Crippen molar-refractivity contribution in [3.05, 3.63) is 0 Å². The van der Waals surface area contributed by atoms with E-state index in [0.717, 1.165) is 12.8 Å². The number of hydrogen-bond donors (Lipinski definition) is 2. The highest BCUT2D eigenvalue weighted by molar-refractivity contribution is 5.76. The zero-order valence-electron chi connectivity index (χ0n) is 10.3. The van der Waals surface area contributed by atoms with Crippen molar-refractivity contribution in [2.24, 2.45) is 0 Å². The van der Waals surface area contributed by atoms with Gasteiger partial charge in [0.25, 0.3) is 0 Å². The fraction of sp³-hybridized carbons (Fsp3) is 0.909. The first-order valence-corrected chi connectivity index (χ1v) is 5.58. The maximum Gasteiger partial charge on any atom is 0.223 e. The quantitative estimate of drug-likeness (QED) is 0.655. The summed E-state index contributed by atoms with van der Waals surface area (Å²) >= 11 is 0. The lowest BCUT2D eigenvalue weighted by Crippen LogP contribution is -2.39. The number of carbonyl (C=O) groups excluding carboxylic acids is 1. The second-order valence-corrected chi connectivity index (χ2v) is 4.18. The molecular weight excluding hydrogens is 192 g/mol. The SMILES string of the molecule is CCC(CCO)NC(C)CC(=O)N(C)C. The molecule has 0 aliphatic heterocycles. The Kier molecular flexibility index (Phi) is 7.34. The molecule has 0 radical (unpaired) electrons. The number of amides is 1. The van der Waals surface area contributed by atoms with E-state index in [-0.39, 0.29) is 18.6 Å². The van der Waals surface area contributed by atoms with E-state index in [1.807, 2.05) is 6.92 Å². The first-order chi connectivity index (χ1) is 7.01. The minimum Gasteiger partial charge on any atom is -0.396 e. The molecule has 0 aromatic carbocycles. The number of carbonyl (C=O) groups is 1. The van der Waals surface area contributed by atoms with Gasteiger partial charge in [-0.3, -0.25) is 4.79 Å². The standard InChI is InChI=1S/C11H24N2O2/c1-5-10(6-7-14)12-9(2)8-11(15)13(3)4/h9-10,12,14H,5-8H2,1-4H3. The van der Waals surface area contributed by atoms with Gasteiger partial charge in [-0.1, -0.05) is 6.92 Å². The van der Waals surface area contributed by atoms with Crippen molar-refractivity contribution in [1.82, 2.24) is 10.2 Å². The summed E-state index contributed by atoms with van der Waals surface area (Å²) in [5.41, 5.74) is 0. The summed E-state index contributed by atoms with van der Waals surface area (Å²) in [4.78, 5) is 13.0. The molecule has 0 aliphatic rings. The van der Waals surface area contributed by atoms with E-state index in [0.29, 0.717) is 12.5 Å². The number of aliphatic hydroxyl groups excluding tert-OH is 1. The minimum absolute atomic E-state index is 0.133. The van der Waals surface area contributed by atoms with Crippen LogP contribution in [0.1, 0.15) is 33.1 Å². The number of nitrogens with one attached hydrogen (secondary N) is 1. The fourth-order valence-corrected chi connectivity index (χ4v) is 1.47. The summed E-state index contributed by atoms with van der Waals surface area (Å²) in [7, 11) is 3.53. The number of hydrogen-bond acceptors (Lipinski definition) is 3. The van der Waals surface area contributed by atoms with E-state index >= 15 is 0 Å². The summed E-state index contributed by atoms with van der Waals surface area (Å²) in [5.74, 6) is 0.133. The summed E-state index contributed by atoms with van der Waals surface area (Å²) in [6.45, 7) is 4.27. The Morgan fingerprint density at radius 3 is 2.47 bits per heavy atom. The second kappa shape index (κ2) is 7.65. The molecule has 0 aromatic heterocycles. The zero-order valence-corrected chi connectivity index (χ0v) is 10.3. The molecule has 0 bridgehead atoms. The maximum atomic E-state index is 11.4. The lowest BCUT2D eigenvalue weighted by Gasteiger charge is -2.22. The van der Waals surface area contributed by atoms with Gasteiger partial charge in [0, 0.05) is 39.2 Å². The molecule has 0 heterocycles. The van der Waals surface area contributed by atoms with Crippen LogP contribution in [0.2, 0.25) is 0 Å². The van der Waals surface area contributed by atoms with Crippen LogP contribution < -0.4 is 5.32 Å². The van der Waals surface area contributed by atoms with Gasteiger partial charge in [-0.15, -0.1) is 0 Å². The molecule has 0 spiro atoms. The molecule has 1 amide bonds. The van der Waals surface area contributed by atoms with E-state index in [4.69, 9.17) is 5.11 Å². The number of nitrogens with zero attached hydrogens (tertiary/aromatic N) is 1. The highest BCUT2D eigenvalue weighted by atomic mass is 16.3. The molecule has 0 aromatic rings. The van der Waals surface area contributed by atoms with Crippen LogP contribution in [-0.2, 0) is 4.79 Å². The van der Waals surface area contributed by atoms with Crippen LogP contribution >= 0.6 is 0 Å². The van der Waals surface area contributed by atoms with Crippen molar-refractivity contribution in [3.63, 3.8) is 0 Å². The van der Waals surface area contributed by atoms with Gasteiger partial charge in [0.1, 0.15) is 0 Å². The monoisotopic (exact) mass is 216 g/mol. The van der Waals surface area contributed by atoms with Crippen molar-refractivity contribution >= 4 is 5.91 Å². The van der Waals surface area contributed by atoms with E-state index in [1.54, 1.807) is 19.0 Å². The summed E-state index contributed by atoms with van der Waals surface area (Å²) in [6.07, 6.45) is 2.23. The average molecular weight is 216 g/mol. The second-order valence-electron chi connectivity index (χ2n) is 4.18. The predicted molar refractivity (Wildman–Crippen MR) is 61.7 cm³/mol. The molecule has 0 rings (SSSR count). The van der Waals surface area contributed by atoms with Gasteiger partial charge in [-0.2, -0.15) is 0 Å². The Hall–Kier alpha value is -0.610. The lowest BCUT2D eigenvalue weighted by atomic mass is 10.1. The van der Waals surface area contributed by atoms with Gasteiger partial charge >= 0.3 is 0 Å². The van der Waals surface area contributed by atoms with E-state index in [9.17, 15) is 4.79 Å². The van der Waals surface area contributed by atoms with Crippen LogP contribution in [0, 0.1) is 0 Å². The molecule has 0 aliphatic carbocycles. The van der Waals surface area contributed by atoms with Crippen molar-refractivity contribution < 1.29 is 9.90 Å². The van der Waals surface area contributed by atoms with Gasteiger partial charge in [0.2, 0.25) is 5.91 Å². The molecule has 0 saturated heterocycles. The molecule has 15 heavy (non-hydrogen) atoms. The summed E-state index contributed by atoms with van der Waals surface area (Å²) < 4.78 is 0. The first-order valence-electron chi connectivity index (χ1n) is 5.58. The lowest BCUT2D eigenvalue weighted by molar-refractivity contribution is -0.129. The Bertz CT molecular complexity index is 183. The van der Waals surface area contributed by atoms with Gasteiger partial charge in [-0.25, -0.2) is 0 Å². The van der Waals surface area contributed by atoms with Crippen molar-refractivity contribution in [2.75, 3.05) is 20.7 Å². The molecule has 0 saturated carbocycles. The van der Waals surface area contributed by atoms with Crippen molar-refractivity contribution in [1.29, 1.82) is 0 Å². The molecule has 2 atom stereocenters. The molecule has 90 valence electrons.